The molecule has 0 radical (unpaired) electrons. The highest BCUT2D eigenvalue weighted by atomic mass is 16.5. The third kappa shape index (κ3) is 6.65. The van der Waals surface area contributed by atoms with E-state index in [1.54, 1.807) is 0 Å². The summed E-state index contributed by atoms with van der Waals surface area (Å²) in [5, 5.41) is 24.7. The van der Waals surface area contributed by atoms with E-state index in [0.717, 1.165) is 68.3 Å². The Balaban J connectivity index is 1.29. The van der Waals surface area contributed by atoms with Crippen LogP contribution in [0.25, 0.3) is 0 Å². The average molecular weight is 609 g/mol. The minimum Gasteiger partial charge on any atom is -0.461 e. The summed E-state index contributed by atoms with van der Waals surface area (Å²) in [6.07, 6.45) is 16.1. The number of aryl methyl sites for hydroxylation is 1. The number of ether oxygens (including phenoxy) is 1. The molecule has 0 saturated heterocycles. The lowest BCUT2D eigenvalue weighted by Crippen LogP contribution is -2.37. The quantitative estimate of drug-likeness (QED) is 0.236. The van der Waals surface area contributed by atoms with Crippen LogP contribution >= 0.6 is 0 Å². The number of rotatable bonds is 12. The molecule has 1 aromatic rings. The number of carbonyl (C=O) groups is 1. The van der Waals surface area contributed by atoms with Crippen LogP contribution in [0.4, 0.5) is 0 Å². The zero-order chi connectivity index (χ0) is 31.6. The van der Waals surface area contributed by atoms with Crippen LogP contribution in [-0.2, 0) is 21.4 Å². The second-order valence-corrected chi connectivity index (χ2v) is 14.9. The first-order chi connectivity index (χ1) is 21.0. The summed E-state index contributed by atoms with van der Waals surface area (Å²) < 4.78 is 12.1. The molecule has 4 saturated carbocycles. The van der Waals surface area contributed by atoms with Crippen molar-refractivity contribution in [3.63, 3.8) is 0 Å². The largest absolute Gasteiger partial charge is 0.461 e. The predicted octanol–water partition coefficient (Wildman–Crippen LogP) is 7.57. The van der Waals surface area contributed by atoms with Crippen LogP contribution in [0.2, 0.25) is 0 Å². The number of aliphatic hydroxyl groups excluding tert-OH is 2. The minimum absolute atomic E-state index is 0.116. The van der Waals surface area contributed by atoms with Gasteiger partial charge in [-0.1, -0.05) is 64.1 Å². The summed E-state index contributed by atoms with van der Waals surface area (Å²) in [4.78, 5) is 17.8. The van der Waals surface area contributed by atoms with Gasteiger partial charge in [0.2, 0.25) is 5.89 Å². The molecule has 0 spiro atoms. The van der Waals surface area contributed by atoms with Crippen molar-refractivity contribution in [2.24, 2.45) is 29.1 Å². The number of fused-ring (bicyclic) bond motifs is 1. The van der Waals surface area contributed by atoms with Crippen LogP contribution in [-0.4, -0.2) is 44.6 Å². The molecule has 7 nitrogen and oxygen atoms in total. The maximum atomic E-state index is 13.1. The van der Waals surface area contributed by atoms with Gasteiger partial charge in [0.05, 0.1) is 23.5 Å². The highest BCUT2D eigenvalue weighted by Crippen LogP contribution is 2.60. The molecule has 4 aliphatic carbocycles. The summed E-state index contributed by atoms with van der Waals surface area (Å²) in [7, 11) is 0. The Bertz CT molecular complexity index is 1240. The number of nitrogens with zero attached hydrogens (tertiary/aromatic N) is 2. The van der Waals surface area contributed by atoms with E-state index in [-0.39, 0.29) is 28.8 Å². The Morgan fingerprint density at radius 1 is 1.16 bits per heavy atom. The molecule has 0 bridgehead atoms. The molecule has 4 fully saturated rings. The molecule has 1 heterocycles. The Kier molecular flexibility index (Phi) is 10.3. The van der Waals surface area contributed by atoms with Gasteiger partial charge < -0.3 is 19.5 Å². The first-order valence-corrected chi connectivity index (χ1v) is 17.5. The van der Waals surface area contributed by atoms with Gasteiger partial charge in [0.25, 0.3) is 0 Å². The number of carbonyl (C=O) groups excluding carboxylic acids is 1. The number of hydrogen-bond acceptors (Lipinski definition) is 7. The molecule has 44 heavy (non-hydrogen) atoms. The normalized spacial score (nSPS) is 33.7. The smallest absolute Gasteiger partial charge is 0.308 e. The molecule has 1 aromatic heterocycles. The number of allylic oxidation sites excluding steroid dienone is 3. The zero-order valence-corrected chi connectivity index (χ0v) is 27.8. The molecule has 5 rings (SSSR count). The van der Waals surface area contributed by atoms with Crippen molar-refractivity contribution in [3.05, 3.63) is 47.2 Å². The maximum absolute atomic E-state index is 13.1. The number of hydrogen-bond donors (Lipinski definition) is 2. The van der Waals surface area contributed by atoms with Crippen LogP contribution in [0.15, 0.2) is 40.0 Å². The summed E-state index contributed by atoms with van der Waals surface area (Å²) in [5.41, 5.74) is 3.14. The van der Waals surface area contributed by atoms with E-state index in [2.05, 4.69) is 44.7 Å². The lowest BCUT2D eigenvalue weighted by molar-refractivity contribution is -0.156. The van der Waals surface area contributed by atoms with Gasteiger partial charge in [-0.2, -0.15) is 4.98 Å². The zero-order valence-electron chi connectivity index (χ0n) is 27.8. The van der Waals surface area contributed by atoms with Gasteiger partial charge >= 0.3 is 5.97 Å². The van der Waals surface area contributed by atoms with Crippen molar-refractivity contribution in [2.45, 2.75) is 148 Å². The fourth-order valence-corrected chi connectivity index (χ4v) is 8.76. The summed E-state index contributed by atoms with van der Waals surface area (Å²) >= 11 is 0. The van der Waals surface area contributed by atoms with Gasteiger partial charge in [0.15, 0.2) is 5.82 Å². The van der Waals surface area contributed by atoms with Gasteiger partial charge in [0, 0.05) is 12.8 Å². The molecule has 0 amide bonds. The average Bonchev–Trinajstić information content (AvgIpc) is 3.52. The van der Waals surface area contributed by atoms with E-state index in [0.29, 0.717) is 36.5 Å². The van der Waals surface area contributed by atoms with Crippen LogP contribution in [0.3, 0.4) is 0 Å². The lowest BCUT2D eigenvalue weighted by Gasteiger charge is -2.44. The van der Waals surface area contributed by atoms with Gasteiger partial charge in [0.1, 0.15) is 6.10 Å². The van der Waals surface area contributed by atoms with Crippen molar-refractivity contribution in [3.8, 4) is 0 Å². The minimum atomic E-state index is -0.655. The number of aliphatic hydroxyl groups is 2. The molecule has 244 valence electrons. The van der Waals surface area contributed by atoms with Crippen LogP contribution < -0.4 is 0 Å². The van der Waals surface area contributed by atoms with Crippen molar-refractivity contribution >= 4 is 5.97 Å². The number of esters is 1. The lowest BCUT2D eigenvalue weighted by atomic mass is 9.60. The molecular formula is C37H56N2O5. The summed E-state index contributed by atoms with van der Waals surface area (Å²) in [6, 6.07) is 0. The molecule has 4 aliphatic rings. The Labute approximate surface area is 264 Å². The van der Waals surface area contributed by atoms with Crippen molar-refractivity contribution in [2.75, 3.05) is 0 Å². The van der Waals surface area contributed by atoms with E-state index < -0.39 is 12.2 Å². The first kappa shape index (κ1) is 33.1. The maximum Gasteiger partial charge on any atom is 0.308 e. The van der Waals surface area contributed by atoms with Crippen LogP contribution in [0, 0.1) is 29.1 Å². The Morgan fingerprint density at radius 2 is 1.93 bits per heavy atom. The Morgan fingerprint density at radius 3 is 2.64 bits per heavy atom. The molecule has 7 heteroatoms. The first-order valence-electron chi connectivity index (χ1n) is 17.5. The predicted molar refractivity (Wildman–Crippen MR) is 172 cm³/mol. The molecule has 0 aromatic carbocycles. The van der Waals surface area contributed by atoms with Gasteiger partial charge in [-0.25, -0.2) is 0 Å². The van der Waals surface area contributed by atoms with E-state index in [4.69, 9.17) is 14.2 Å². The van der Waals surface area contributed by atoms with Crippen LogP contribution in [0.1, 0.15) is 130 Å². The third-order valence-electron chi connectivity index (χ3n) is 11.9. The second-order valence-electron chi connectivity index (χ2n) is 14.9. The summed E-state index contributed by atoms with van der Waals surface area (Å²) in [6.45, 7) is 15.1. The topological polar surface area (TPSA) is 106 Å². The Hall–Kier alpha value is -2.25. The molecule has 1 unspecified atom stereocenters. The highest BCUT2D eigenvalue weighted by molar-refractivity contribution is 5.72. The second kappa shape index (κ2) is 13.6. The van der Waals surface area contributed by atoms with Crippen molar-refractivity contribution in [1.29, 1.82) is 0 Å². The monoisotopic (exact) mass is 608 g/mol. The SMILES string of the molecule is C=C1/C(=C\C=C2/CCC[C@]3(C)[C@@H]([C@H](C)CC[C@@H](OC(=O)C(C)CC)C4(c5nc(CCC)no5)CC4)CC[C@@H]23)C[C@@H](O)C[C@@H]1O. The van der Waals surface area contributed by atoms with Crippen molar-refractivity contribution in [1.82, 2.24) is 10.1 Å². The van der Waals surface area contributed by atoms with E-state index in [9.17, 15) is 15.0 Å². The molecule has 8 atom stereocenters. The van der Waals surface area contributed by atoms with E-state index in [1.165, 1.54) is 31.3 Å². The van der Waals surface area contributed by atoms with E-state index >= 15 is 0 Å². The fourth-order valence-electron chi connectivity index (χ4n) is 8.76. The standard InChI is InChI=1S/C37H56N2O5/c1-7-10-33-38-35(44-39-33)37(19-20-37)32(43-34(42)23(3)8-2)17-12-24(4)29-15-16-30-26(11-9-18-36(29,30)6)13-14-27-21-28(40)22-31(41)25(27)5/h13-14,23-24,28-32,40-41H,5,7-12,15-22H2,1-4,6H3/b26-13+,27-14-/t23?,24-,28-,29-,30+,31+,32-,36-/m1/s1. The number of aromatic nitrogens is 2. The molecule has 0 aliphatic heterocycles. The molecular weight excluding hydrogens is 552 g/mol. The van der Waals surface area contributed by atoms with Crippen molar-refractivity contribution < 1.29 is 24.3 Å². The third-order valence-corrected chi connectivity index (χ3v) is 11.9. The van der Waals surface area contributed by atoms with E-state index in [1.807, 2.05) is 13.8 Å². The van der Waals surface area contributed by atoms with Gasteiger partial charge in [-0.05, 0) is 111 Å². The van der Waals surface area contributed by atoms with Gasteiger partial charge in [-0.15, -0.1) is 0 Å². The van der Waals surface area contributed by atoms with Gasteiger partial charge in [-0.3, -0.25) is 4.79 Å². The summed E-state index contributed by atoms with van der Waals surface area (Å²) in [5.74, 6) is 2.82. The fraction of sp³-hybridized carbons (Fsp3) is 0.757. The van der Waals surface area contributed by atoms with Crippen LogP contribution in [0.5, 0.6) is 0 Å². The molecule has 2 N–H and O–H groups in total. The highest BCUT2D eigenvalue weighted by Gasteiger charge is 2.58.